The van der Waals surface area contributed by atoms with Crippen LogP contribution in [0, 0.1) is 0 Å². The Kier molecular flexibility index (Phi) is 5.94. The lowest BCUT2D eigenvalue weighted by Gasteiger charge is -2.34. The van der Waals surface area contributed by atoms with Gasteiger partial charge in [-0.2, -0.15) is 0 Å². The average Bonchev–Trinajstić information content (AvgIpc) is 3.15. The van der Waals surface area contributed by atoms with Crippen molar-refractivity contribution < 1.29 is 20.1 Å². The van der Waals surface area contributed by atoms with Crippen LogP contribution >= 0.6 is 0 Å². The van der Waals surface area contributed by atoms with Crippen LogP contribution in [0.2, 0.25) is 0 Å². The van der Waals surface area contributed by atoms with E-state index in [2.05, 4.69) is 43.1 Å². The lowest BCUT2D eigenvalue weighted by molar-refractivity contribution is -0.192. The molecule has 1 saturated heterocycles. The molecule has 31 heavy (non-hydrogen) atoms. The minimum absolute atomic E-state index is 0.0401. The van der Waals surface area contributed by atoms with E-state index >= 15 is 0 Å². The smallest absolute Gasteiger partial charge is 0.165 e. The van der Waals surface area contributed by atoms with Gasteiger partial charge in [-0.25, -0.2) is 0 Å². The van der Waals surface area contributed by atoms with Gasteiger partial charge < -0.3 is 24.6 Å². The molecule has 0 spiro atoms. The standard InChI is InChI=1S/C24H29N3O4/c1-24(2,3)17-11-9-16(10-12-17)22-25-26-23(21-20(30)19(29)18(28)14-31-21)27(22)13-15-7-5-4-6-8-15/h4-12,18-21,28-30H,13-14H2,1-3H3/t18-,19+,20-,21-/m1/s1. The zero-order chi connectivity index (χ0) is 22.2. The third-order valence-electron chi connectivity index (χ3n) is 5.73. The van der Waals surface area contributed by atoms with Gasteiger partial charge in [0.15, 0.2) is 11.6 Å². The van der Waals surface area contributed by atoms with E-state index in [1.807, 2.05) is 47.0 Å². The van der Waals surface area contributed by atoms with Crippen LogP contribution < -0.4 is 0 Å². The highest BCUT2D eigenvalue weighted by atomic mass is 16.5. The van der Waals surface area contributed by atoms with E-state index in [1.54, 1.807) is 0 Å². The predicted octanol–water partition coefficient (Wildman–Crippen LogP) is 2.44. The second-order valence-corrected chi connectivity index (χ2v) is 9.08. The number of nitrogens with zero attached hydrogens (tertiary/aromatic N) is 3. The van der Waals surface area contributed by atoms with Crippen molar-refractivity contribution in [1.82, 2.24) is 14.8 Å². The normalized spacial score (nSPS) is 24.3. The number of hydrogen-bond acceptors (Lipinski definition) is 6. The van der Waals surface area contributed by atoms with Crippen molar-refractivity contribution >= 4 is 0 Å². The predicted molar refractivity (Wildman–Crippen MR) is 116 cm³/mol. The second-order valence-electron chi connectivity index (χ2n) is 9.08. The minimum Gasteiger partial charge on any atom is -0.388 e. The topological polar surface area (TPSA) is 101 Å². The van der Waals surface area contributed by atoms with E-state index in [-0.39, 0.29) is 12.0 Å². The average molecular weight is 424 g/mol. The number of aliphatic hydroxyl groups is 3. The lowest BCUT2D eigenvalue weighted by atomic mass is 9.86. The number of aromatic nitrogens is 3. The highest BCUT2D eigenvalue weighted by molar-refractivity contribution is 5.56. The van der Waals surface area contributed by atoms with Gasteiger partial charge in [0.25, 0.3) is 0 Å². The molecule has 0 saturated carbocycles. The maximum absolute atomic E-state index is 10.5. The summed E-state index contributed by atoms with van der Waals surface area (Å²) in [4.78, 5) is 0. The lowest BCUT2D eigenvalue weighted by Crippen LogP contribution is -2.49. The molecular formula is C24H29N3O4. The summed E-state index contributed by atoms with van der Waals surface area (Å²) in [5, 5.41) is 39.2. The van der Waals surface area contributed by atoms with Gasteiger partial charge in [0, 0.05) is 5.56 Å². The molecule has 7 heteroatoms. The molecule has 2 aromatic carbocycles. The van der Waals surface area contributed by atoms with Crippen molar-refractivity contribution in [3.05, 3.63) is 71.5 Å². The van der Waals surface area contributed by atoms with Gasteiger partial charge in [-0.3, -0.25) is 0 Å². The number of ether oxygens (including phenoxy) is 1. The number of rotatable bonds is 4. The van der Waals surface area contributed by atoms with E-state index in [4.69, 9.17) is 4.74 Å². The summed E-state index contributed by atoms with van der Waals surface area (Å²) in [5.74, 6) is 1.06. The van der Waals surface area contributed by atoms with E-state index in [0.717, 1.165) is 11.1 Å². The summed E-state index contributed by atoms with van der Waals surface area (Å²) >= 11 is 0. The van der Waals surface area contributed by atoms with Crippen molar-refractivity contribution in [3.63, 3.8) is 0 Å². The van der Waals surface area contributed by atoms with Crippen LogP contribution in [0.25, 0.3) is 11.4 Å². The zero-order valence-corrected chi connectivity index (χ0v) is 18.0. The molecule has 0 amide bonds. The highest BCUT2D eigenvalue weighted by Gasteiger charge is 2.41. The summed E-state index contributed by atoms with van der Waals surface area (Å²) in [6.07, 6.45) is -4.65. The van der Waals surface area contributed by atoms with Crippen LogP contribution in [0.15, 0.2) is 54.6 Å². The fourth-order valence-electron chi connectivity index (χ4n) is 3.81. The third-order valence-corrected chi connectivity index (χ3v) is 5.73. The van der Waals surface area contributed by atoms with E-state index < -0.39 is 24.4 Å². The van der Waals surface area contributed by atoms with Crippen molar-refractivity contribution in [2.45, 2.75) is 57.1 Å². The van der Waals surface area contributed by atoms with E-state index in [0.29, 0.717) is 18.2 Å². The largest absolute Gasteiger partial charge is 0.388 e. The molecule has 0 bridgehead atoms. The van der Waals surface area contributed by atoms with Gasteiger partial charge in [0.2, 0.25) is 0 Å². The van der Waals surface area contributed by atoms with Crippen molar-refractivity contribution in [2.75, 3.05) is 6.61 Å². The fourth-order valence-corrected chi connectivity index (χ4v) is 3.81. The molecule has 1 fully saturated rings. The first-order valence-electron chi connectivity index (χ1n) is 10.5. The Morgan fingerprint density at radius 3 is 2.26 bits per heavy atom. The quantitative estimate of drug-likeness (QED) is 0.596. The molecule has 0 aliphatic carbocycles. The Labute approximate surface area is 182 Å². The van der Waals surface area contributed by atoms with Gasteiger partial charge in [0.1, 0.15) is 24.4 Å². The zero-order valence-electron chi connectivity index (χ0n) is 18.0. The highest BCUT2D eigenvalue weighted by Crippen LogP contribution is 2.32. The van der Waals surface area contributed by atoms with Gasteiger partial charge in [-0.15, -0.1) is 10.2 Å². The Bertz CT molecular complexity index is 1010. The number of aliphatic hydroxyl groups excluding tert-OH is 3. The summed E-state index contributed by atoms with van der Waals surface area (Å²) in [7, 11) is 0. The van der Waals surface area contributed by atoms with Crippen molar-refractivity contribution in [3.8, 4) is 11.4 Å². The summed E-state index contributed by atoms with van der Waals surface area (Å²) in [6, 6.07) is 18.1. The molecule has 3 aromatic rings. The van der Waals surface area contributed by atoms with Crippen LogP contribution in [0.3, 0.4) is 0 Å². The minimum atomic E-state index is -1.31. The first kappa shape index (κ1) is 21.6. The molecule has 7 nitrogen and oxygen atoms in total. The maximum atomic E-state index is 10.5. The molecular weight excluding hydrogens is 394 g/mol. The molecule has 4 atom stereocenters. The summed E-state index contributed by atoms with van der Waals surface area (Å²) < 4.78 is 7.57. The van der Waals surface area contributed by atoms with Gasteiger partial charge in [-0.05, 0) is 16.5 Å². The third kappa shape index (κ3) is 4.41. The van der Waals surface area contributed by atoms with Crippen LogP contribution in [0.1, 0.15) is 43.8 Å². The Hall–Kier alpha value is -2.58. The second kappa shape index (κ2) is 8.51. The van der Waals surface area contributed by atoms with Crippen LogP contribution in [-0.2, 0) is 16.7 Å². The summed E-state index contributed by atoms with van der Waals surface area (Å²) in [5.41, 5.74) is 3.20. The Morgan fingerprint density at radius 1 is 0.935 bits per heavy atom. The van der Waals surface area contributed by atoms with E-state index in [1.165, 1.54) is 5.56 Å². The Morgan fingerprint density at radius 2 is 1.61 bits per heavy atom. The fraction of sp³-hybridized carbons (Fsp3) is 0.417. The van der Waals surface area contributed by atoms with Crippen LogP contribution in [-0.4, -0.2) is 55.0 Å². The molecule has 4 rings (SSSR count). The van der Waals surface area contributed by atoms with Crippen LogP contribution in [0.4, 0.5) is 0 Å². The van der Waals surface area contributed by atoms with Crippen molar-refractivity contribution in [2.24, 2.45) is 0 Å². The molecule has 1 aromatic heterocycles. The molecule has 0 radical (unpaired) electrons. The van der Waals surface area contributed by atoms with Gasteiger partial charge in [0.05, 0.1) is 13.2 Å². The number of benzene rings is 2. The molecule has 1 aliphatic heterocycles. The Balaban J connectivity index is 1.75. The molecule has 0 unspecified atom stereocenters. The van der Waals surface area contributed by atoms with E-state index in [9.17, 15) is 15.3 Å². The number of hydrogen-bond donors (Lipinski definition) is 3. The van der Waals surface area contributed by atoms with Crippen LogP contribution in [0.5, 0.6) is 0 Å². The van der Waals surface area contributed by atoms with Gasteiger partial charge in [-0.1, -0.05) is 75.4 Å². The monoisotopic (exact) mass is 423 g/mol. The summed E-state index contributed by atoms with van der Waals surface area (Å²) in [6.45, 7) is 6.89. The molecule has 3 N–H and O–H groups in total. The maximum Gasteiger partial charge on any atom is 0.165 e. The SMILES string of the molecule is CC(C)(C)c1ccc(-c2nnc([C@@H]3OC[C@@H](O)[C@H](O)[C@H]3O)n2Cc2ccccc2)cc1. The van der Waals surface area contributed by atoms with Gasteiger partial charge >= 0.3 is 0 Å². The first-order chi connectivity index (χ1) is 14.8. The first-order valence-corrected chi connectivity index (χ1v) is 10.5. The van der Waals surface area contributed by atoms with Crippen molar-refractivity contribution in [1.29, 1.82) is 0 Å². The molecule has 2 heterocycles. The molecule has 164 valence electrons. The molecule has 1 aliphatic rings.